The summed E-state index contributed by atoms with van der Waals surface area (Å²) in [7, 11) is 2.00. The number of likely N-dealkylation sites (N-methyl/N-ethyl adjacent to an activating group) is 1. The van der Waals surface area contributed by atoms with Crippen LogP contribution in [0.3, 0.4) is 0 Å². The molecule has 1 atom stereocenters. The standard InChI is InChI=1S/C12H23NO3/c1-3-16-11(12(14)15)9-13(2)10-7-5-4-6-8-10/h10-11H,3-9H2,1-2H3,(H,14,15). The van der Waals surface area contributed by atoms with Crippen molar-refractivity contribution in [1.82, 2.24) is 4.90 Å². The highest BCUT2D eigenvalue weighted by molar-refractivity contribution is 5.72. The maximum absolute atomic E-state index is 11.0. The minimum absolute atomic E-state index is 0.454. The number of ether oxygens (including phenoxy) is 1. The highest BCUT2D eigenvalue weighted by Gasteiger charge is 2.24. The van der Waals surface area contributed by atoms with Crippen molar-refractivity contribution in [2.75, 3.05) is 20.2 Å². The van der Waals surface area contributed by atoms with Crippen molar-refractivity contribution in [2.24, 2.45) is 0 Å². The third-order valence-electron chi connectivity index (χ3n) is 3.30. The van der Waals surface area contributed by atoms with Gasteiger partial charge >= 0.3 is 5.97 Å². The maximum Gasteiger partial charge on any atom is 0.334 e. The molecule has 0 heterocycles. The van der Waals surface area contributed by atoms with Crippen LogP contribution >= 0.6 is 0 Å². The molecule has 0 aliphatic heterocycles. The van der Waals surface area contributed by atoms with Crippen LogP contribution < -0.4 is 0 Å². The number of hydrogen-bond donors (Lipinski definition) is 1. The topological polar surface area (TPSA) is 49.8 Å². The largest absolute Gasteiger partial charge is 0.479 e. The smallest absolute Gasteiger partial charge is 0.334 e. The summed E-state index contributed by atoms with van der Waals surface area (Å²) < 4.78 is 5.22. The zero-order valence-electron chi connectivity index (χ0n) is 10.3. The van der Waals surface area contributed by atoms with Crippen LogP contribution in [0.1, 0.15) is 39.0 Å². The lowest BCUT2D eigenvalue weighted by molar-refractivity contribution is -0.151. The predicted octanol–water partition coefficient (Wildman–Crippen LogP) is 1.74. The molecule has 1 rings (SSSR count). The van der Waals surface area contributed by atoms with Crippen LogP contribution in [0.2, 0.25) is 0 Å². The average Bonchev–Trinajstić information content (AvgIpc) is 2.29. The van der Waals surface area contributed by atoms with Crippen molar-refractivity contribution in [3.63, 3.8) is 0 Å². The van der Waals surface area contributed by atoms with Gasteiger partial charge in [0.25, 0.3) is 0 Å². The first-order valence-electron chi connectivity index (χ1n) is 6.19. The highest BCUT2D eigenvalue weighted by atomic mass is 16.5. The van der Waals surface area contributed by atoms with E-state index in [0.717, 1.165) is 0 Å². The lowest BCUT2D eigenvalue weighted by atomic mass is 9.94. The molecule has 16 heavy (non-hydrogen) atoms. The number of hydrogen-bond acceptors (Lipinski definition) is 3. The van der Waals surface area contributed by atoms with E-state index in [1.54, 1.807) is 0 Å². The van der Waals surface area contributed by atoms with E-state index < -0.39 is 12.1 Å². The fraction of sp³-hybridized carbons (Fsp3) is 0.917. The number of aliphatic carboxylic acids is 1. The molecule has 0 aromatic rings. The summed E-state index contributed by atoms with van der Waals surface area (Å²) in [6.07, 6.45) is 5.54. The Labute approximate surface area is 97.6 Å². The van der Waals surface area contributed by atoms with E-state index in [-0.39, 0.29) is 0 Å². The summed E-state index contributed by atoms with van der Waals surface area (Å²) >= 11 is 0. The van der Waals surface area contributed by atoms with E-state index in [1.807, 2.05) is 14.0 Å². The first kappa shape index (κ1) is 13.5. The molecule has 0 saturated heterocycles. The summed E-state index contributed by atoms with van der Waals surface area (Å²) in [4.78, 5) is 13.1. The summed E-state index contributed by atoms with van der Waals surface area (Å²) in [6.45, 7) is 2.78. The van der Waals surface area contributed by atoms with E-state index >= 15 is 0 Å². The Bertz CT molecular complexity index is 214. The normalized spacial score (nSPS) is 19.9. The average molecular weight is 229 g/mol. The molecule has 1 aliphatic rings. The monoisotopic (exact) mass is 229 g/mol. The fourth-order valence-corrected chi connectivity index (χ4v) is 2.34. The Hall–Kier alpha value is -0.610. The van der Waals surface area contributed by atoms with Crippen molar-refractivity contribution < 1.29 is 14.6 Å². The molecule has 1 saturated carbocycles. The summed E-state index contributed by atoms with van der Waals surface area (Å²) in [5.41, 5.74) is 0. The van der Waals surface area contributed by atoms with Crippen molar-refractivity contribution in [1.29, 1.82) is 0 Å². The van der Waals surface area contributed by atoms with Gasteiger partial charge in [0.05, 0.1) is 0 Å². The van der Waals surface area contributed by atoms with Gasteiger partial charge in [-0.15, -0.1) is 0 Å². The first-order chi connectivity index (χ1) is 7.65. The molecule has 1 fully saturated rings. The van der Waals surface area contributed by atoms with E-state index in [2.05, 4.69) is 4.90 Å². The molecule has 0 radical (unpaired) electrons. The summed E-state index contributed by atoms with van der Waals surface area (Å²) in [6, 6.07) is 0.538. The molecule has 0 aromatic carbocycles. The molecule has 1 N–H and O–H groups in total. The second-order valence-electron chi connectivity index (χ2n) is 4.51. The second-order valence-corrected chi connectivity index (χ2v) is 4.51. The highest BCUT2D eigenvalue weighted by Crippen LogP contribution is 2.21. The van der Waals surface area contributed by atoms with Crippen LogP contribution in [-0.2, 0) is 9.53 Å². The van der Waals surface area contributed by atoms with Crippen molar-refractivity contribution in [3.8, 4) is 0 Å². The molecule has 0 spiro atoms. The lowest BCUT2D eigenvalue weighted by Crippen LogP contribution is -2.42. The van der Waals surface area contributed by atoms with Crippen LogP contribution in [0, 0.1) is 0 Å². The molecule has 1 unspecified atom stereocenters. The van der Waals surface area contributed by atoms with Crippen LogP contribution in [0.15, 0.2) is 0 Å². The quantitative estimate of drug-likeness (QED) is 0.753. The maximum atomic E-state index is 11.0. The zero-order valence-corrected chi connectivity index (χ0v) is 10.3. The van der Waals surface area contributed by atoms with Gasteiger partial charge in [-0.2, -0.15) is 0 Å². The molecule has 4 heteroatoms. The number of carboxylic acid groups (broad SMARTS) is 1. The predicted molar refractivity (Wildman–Crippen MR) is 62.6 cm³/mol. The van der Waals surface area contributed by atoms with E-state index in [4.69, 9.17) is 9.84 Å². The summed E-state index contributed by atoms with van der Waals surface area (Å²) in [5.74, 6) is -0.857. The molecule has 94 valence electrons. The van der Waals surface area contributed by atoms with Crippen LogP contribution in [-0.4, -0.2) is 48.3 Å². The van der Waals surface area contributed by atoms with E-state index in [9.17, 15) is 4.79 Å². The fourth-order valence-electron chi connectivity index (χ4n) is 2.34. The Balaban J connectivity index is 2.39. The zero-order chi connectivity index (χ0) is 12.0. The second kappa shape index (κ2) is 6.86. The molecule has 4 nitrogen and oxygen atoms in total. The number of nitrogens with zero attached hydrogens (tertiary/aromatic N) is 1. The van der Waals surface area contributed by atoms with Gasteiger partial charge in [0.15, 0.2) is 6.10 Å². The van der Waals surface area contributed by atoms with Gasteiger partial charge in [0.1, 0.15) is 0 Å². The Morgan fingerprint density at radius 3 is 2.56 bits per heavy atom. The van der Waals surface area contributed by atoms with Crippen LogP contribution in [0.4, 0.5) is 0 Å². The van der Waals surface area contributed by atoms with E-state index in [1.165, 1.54) is 32.1 Å². The van der Waals surface area contributed by atoms with Crippen molar-refractivity contribution in [2.45, 2.75) is 51.2 Å². The first-order valence-corrected chi connectivity index (χ1v) is 6.19. The summed E-state index contributed by atoms with van der Waals surface area (Å²) in [5, 5.41) is 9.00. The SMILES string of the molecule is CCOC(CN(C)C1CCCCC1)C(=O)O. The molecule has 0 aromatic heterocycles. The van der Waals surface area contributed by atoms with E-state index in [0.29, 0.717) is 19.2 Å². The van der Waals surface area contributed by atoms with Gasteiger partial charge in [-0.05, 0) is 26.8 Å². The Kier molecular flexibility index (Phi) is 5.77. The number of rotatable bonds is 6. The molecular formula is C12H23NO3. The third-order valence-corrected chi connectivity index (χ3v) is 3.30. The van der Waals surface area contributed by atoms with Crippen molar-refractivity contribution in [3.05, 3.63) is 0 Å². The third kappa shape index (κ3) is 4.10. The molecule has 0 bridgehead atoms. The number of carbonyl (C=O) groups is 1. The van der Waals surface area contributed by atoms with Gasteiger partial charge in [-0.3, -0.25) is 0 Å². The van der Waals surface area contributed by atoms with Crippen molar-refractivity contribution >= 4 is 5.97 Å². The Morgan fingerprint density at radius 1 is 1.44 bits per heavy atom. The lowest BCUT2D eigenvalue weighted by Gasteiger charge is -2.32. The molecule has 0 amide bonds. The van der Waals surface area contributed by atoms with Gasteiger partial charge < -0.3 is 14.7 Å². The Morgan fingerprint density at radius 2 is 2.06 bits per heavy atom. The van der Waals surface area contributed by atoms with Gasteiger partial charge in [-0.1, -0.05) is 19.3 Å². The molecular weight excluding hydrogens is 206 g/mol. The van der Waals surface area contributed by atoms with Crippen LogP contribution in [0.5, 0.6) is 0 Å². The minimum Gasteiger partial charge on any atom is -0.479 e. The molecule has 1 aliphatic carbocycles. The van der Waals surface area contributed by atoms with Gasteiger partial charge in [0.2, 0.25) is 0 Å². The minimum atomic E-state index is -0.857. The number of carboxylic acids is 1. The van der Waals surface area contributed by atoms with Gasteiger partial charge in [0, 0.05) is 19.2 Å². The van der Waals surface area contributed by atoms with Crippen LogP contribution in [0.25, 0.3) is 0 Å². The van der Waals surface area contributed by atoms with Gasteiger partial charge in [-0.25, -0.2) is 4.79 Å².